The molecule has 5 nitrogen and oxygen atoms in total. The molecule has 0 saturated carbocycles. The van der Waals surface area contributed by atoms with E-state index in [0.717, 1.165) is 41.5 Å². The highest BCUT2D eigenvalue weighted by Gasteiger charge is 2.13. The number of aromatic amines is 1. The van der Waals surface area contributed by atoms with Crippen LogP contribution in [0.5, 0.6) is 0 Å². The molecule has 1 N–H and O–H groups in total. The van der Waals surface area contributed by atoms with Crippen molar-refractivity contribution < 1.29 is 0 Å². The van der Waals surface area contributed by atoms with Crippen molar-refractivity contribution in [3.63, 3.8) is 0 Å². The summed E-state index contributed by atoms with van der Waals surface area (Å²) in [6.45, 7) is 5.83. The number of aryl methyl sites for hydroxylation is 1. The van der Waals surface area contributed by atoms with Crippen molar-refractivity contribution in [2.45, 2.75) is 20.4 Å². The zero-order chi connectivity index (χ0) is 17.9. The van der Waals surface area contributed by atoms with Gasteiger partial charge in [-0.25, -0.2) is 9.97 Å². The highest BCUT2D eigenvalue weighted by Crippen LogP contribution is 2.24. The molecule has 26 heavy (non-hydrogen) atoms. The first-order valence-corrected chi connectivity index (χ1v) is 8.80. The molecule has 0 atom stereocenters. The van der Waals surface area contributed by atoms with Crippen LogP contribution in [-0.2, 0) is 6.54 Å². The maximum Gasteiger partial charge on any atom is 0.161 e. The van der Waals surface area contributed by atoms with Crippen LogP contribution < -0.4 is 4.90 Å². The van der Waals surface area contributed by atoms with Crippen LogP contribution in [0.2, 0.25) is 0 Å². The first kappa shape index (κ1) is 16.3. The predicted molar refractivity (Wildman–Crippen MR) is 105 cm³/mol. The van der Waals surface area contributed by atoms with E-state index in [1.54, 1.807) is 12.4 Å². The molecule has 3 aromatic heterocycles. The average molecular weight is 343 g/mol. The fourth-order valence-corrected chi connectivity index (χ4v) is 3.17. The Hall–Kier alpha value is -3.21. The number of anilines is 1. The number of hydrogen-bond donors (Lipinski definition) is 1. The Labute approximate surface area is 152 Å². The van der Waals surface area contributed by atoms with Crippen molar-refractivity contribution >= 4 is 16.7 Å². The van der Waals surface area contributed by atoms with Gasteiger partial charge >= 0.3 is 0 Å². The Balaban J connectivity index is 1.69. The van der Waals surface area contributed by atoms with E-state index >= 15 is 0 Å². The summed E-state index contributed by atoms with van der Waals surface area (Å²) in [5.41, 5.74) is 4.37. The minimum Gasteiger partial charge on any atom is -0.361 e. The summed E-state index contributed by atoms with van der Waals surface area (Å²) >= 11 is 0. The second kappa shape index (κ2) is 6.96. The number of H-pyrrole nitrogens is 1. The van der Waals surface area contributed by atoms with Gasteiger partial charge in [0.1, 0.15) is 5.82 Å². The lowest BCUT2D eigenvalue weighted by Crippen LogP contribution is -2.23. The Morgan fingerprint density at radius 2 is 1.85 bits per heavy atom. The molecule has 130 valence electrons. The molecule has 0 fully saturated rings. The van der Waals surface area contributed by atoms with Crippen LogP contribution in [0.25, 0.3) is 22.3 Å². The first-order chi connectivity index (χ1) is 12.7. The maximum atomic E-state index is 4.81. The number of benzene rings is 1. The molecule has 0 unspecified atom stereocenters. The molecule has 1 aromatic carbocycles. The van der Waals surface area contributed by atoms with Gasteiger partial charge in [-0.3, -0.25) is 4.98 Å². The van der Waals surface area contributed by atoms with E-state index in [4.69, 9.17) is 4.98 Å². The number of rotatable bonds is 5. The van der Waals surface area contributed by atoms with Crippen molar-refractivity contribution in [1.29, 1.82) is 0 Å². The van der Waals surface area contributed by atoms with E-state index < -0.39 is 0 Å². The van der Waals surface area contributed by atoms with Gasteiger partial charge in [0, 0.05) is 59.9 Å². The van der Waals surface area contributed by atoms with Gasteiger partial charge in [-0.2, -0.15) is 0 Å². The van der Waals surface area contributed by atoms with Gasteiger partial charge in [0.2, 0.25) is 0 Å². The molecule has 0 radical (unpaired) electrons. The first-order valence-electron chi connectivity index (χ1n) is 8.80. The highest BCUT2D eigenvalue weighted by molar-refractivity contribution is 5.83. The van der Waals surface area contributed by atoms with Gasteiger partial charge in [-0.15, -0.1) is 0 Å². The molecule has 0 amide bonds. The van der Waals surface area contributed by atoms with Gasteiger partial charge in [-0.1, -0.05) is 18.2 Å². The molecule has 0 bridgehead atoms. The summed E-state index contributed by atoms with van der Waals surface area (Å²) in [7, 11) is 0. The molecule has 5 heteroatoms. The standard InChI is InChI=1S/C21H21N5/c1-3-26(14-17-13-23-19-7-5-4-6-18(17)19)20-12-15(2)24-21(25-20)16-8-10-22-11-9-16/h4-13,23H,3,14H2,1-2H3. The van der Waals surface area contributed by atoms with E-state index in [2.05, 4.69) is 57.2 Å². The zero-order valence-electron chi connectivity index (χ0n) is 15.0. The van der Waals surface area contributed by atoms with Crippen LogP contribution in [0.4, 0.5) is 5.82 Å². The molecule has 0 aliphatic carbocycles. The second-order valence-corrected chi connectivity index (χ2v) is 6.30. The summed E-state index contributed by atoms with van der Waals surface area (Å²) in [6.07, 6.45) is 5.62. The molecular formula is C21H21N5. The maximum absolute atomic E-state index is 4.81. The fourth-order valence-electron chi connectivity index (χ4n) is 3.17. The lowest BCUT2D eigenvalue weighted by atomic mass is 10.1. The van der Waals surface area contributed by atoms with Crippen LogP contribution in [-0.4, -0.2) is 26.5 Å². The number of nitrogens with one attached hydrogen (secondary N) is 1. The van der Waals surface area contributed by atoms with Gasteiger partial charge < -0.3 is 9.88 Å². The van der Waals surface area contributed by atoms with Crippen LogP contribution in [0, 0.1) is 6.92 Å². The van der Waals surface area contributed by atoms with Crippen molar-refractivity contribution in [2.24, 2.45) is 0 Å². The van der Waals surface area contributed by atoms with Crippen LogP contribution in [0.3, 0.4) is 0 Å². The average Bonchev–Trinajstić information content (AvgIpc) is 3.09. The molecule has 3 heterocycles. The topological polar surface area (TPSA) is 57.7 Å². The number of nitrogens with zero attached hydrogens (tertiary/aromatic N) is 4. The smallest absolute Gasteiger partial charge is 0.161 e. The fraction of sp³-hybridized carbons (Fsp3) is 0.190. The lowest BCUT2D eigenvalue weighted by Gasteiger charge is -2.22. The largest absolute Gasteiger partial charge is 0.361 e. The summed E-state index contributed by atoms with van der Waals surface area (Å²) in [5.74, 6) is 1.68. The Morgan fingerprint density at radius 3 is 2.65 bits per heavy atom. The summed E-state index contributed by atoms with van der Waals surface area (Å²) in [5, 5.41) is 1.26. The Kier molecular flexibility index (Phi) is 4.35. The molecule has 0 saturated heterocycles. The van der Waals surface area contributed by atoms with E-state index in [1.165, 1.54) is 10.9 Å². The van der Waals surface area contributed by atoms with Crippen molar-refractivity contribution in [3.05, 3.63) is 72.3 Å². The SMILES string of the molecule is CCN(Cc1c[nH]c2ccccc12)c1cc(C)nc(-c2ccncc2)n1. The van der Waals surface area contributed by atoms with Crippen LogP contribution >= 0.6 is 0 Å². The second-order valence-electron chi connectivity index (χ2n) is 6.30. The van der Waals surface area contributed by atoms with Gasteiger partial charge in [0.15, 0.2) is 5.82 Å². The summed E-state index contributed by atoms with van der Waals surface area (Å²) in [4.78, 5) is 19.1. The molecule has 4 rings (SSSR count). The number of pyridine rings is 1. The van der Waals surface area contributed by atoms with Crippen molar-refractivity contribution in [3.8, 4) is 11.4 Å². The van der Waals surface area contributed by atoms with Crippen molar-refractivity contribution in [2.75, 3.05) is 11.4 Å². The number of aromatic nitrogens is 4. The van der Waals surface area contributed by atoms with E-state index in [0.29, 0.717) is 0 Å². The minimum atomic E-state index is 0.736. The molecule has 0 aliphatic rings. The van der Waals surface area contributed by atoms with Gasteiger partial charge in [0.05, 0.1) is 0 Å². The lowest BCUT2D eigenvalue weighted by molar-refractivity contribution is 0.813. The predicted octanol–water partition coefficient (Wildman–Crippen LogP) is 4.35. The van der Waals surface area contributed by atoms with Gasteiger partial charge in [-0.05, 0) is 37.6 Å². The van der Waals surface area contributed by atoms with Crippen LogP contribution in [0.1, 0.15) is 18.2 Å². The van der Waals surface area contributed by atoms with E-state index in [-0.39, 0.29) is 0 Å². The summed E-state index contributed by atoms with van der Waals surface area (Å²) in [6, 6.07) is 14.3. The zero-order valence-corrected chi connectivity index (χ0v) is 15.0. The van der Waals surface area contributed by atoms with Gasteiger partial charge in [0.25, 0.3) is 0 Å². The van der Waals surface area contributed by atoms with Crippen LogP contribution in [0.15, 0.2) is 61.1 Å². The molecular weight excluding hydrogens is 322 g/mol. The van der Waals surface area contributed by atoms with E-state index in [9.17, 15) is 0 Å². The normalized spacial score (nSPS) is 11.0. The van der Waals surface area contributed by atoms with E-state index in [1.807, 2.05) is 25.1 Å². The quantitative estimate of drug-likeness (QED) is 0.585. The van der Waals surface area contributed by atoms with Crippen molar-refractivity contribution in [1.82, 2.24) is 19.9 Å². The molecule has 0 aliphatic heterocycles. The minimum absolute atomic E-state index is 0.736. The molecule has 0 spiro atoms. The third-order valence-corrected chi connectivity index (χ3v) is 4.52. The third kappa shape index (κ3) is 3.16. The Bertz CT molecular complexity index is 1020. The highest BCUT2D eigenvalue weighted by atomic mass is 15.2. The molecule has 4 aromatic rings. The monoisotopic (exact) mass is 343 g/mol. The number of para-hydroxylation sites is 1. The number of fused-ring (bicyclic) bond motifs is 1. The third-order valence-electron chi connectivity index (χ3n) is 4.52. The summed E-state index contributed by atoms with van der Waals surface area (Å²) < 4.78 is 0. The Morgan fingerprint density at radius 1 is 1.04 bits per heavy atom. The number of hydrogen-bond acceptors (Lipinski definition) is 4.